The molecule has 3 aliphatic rings. The summed E-state index contributed by atoms with van der Waals surface area (Å²) in [4.78, 5) is 38.0. The van der Waals surface area contributed by atoms with Gasteiger partial charge in [0.15, 0.2) is 5.78 Å². The fourth-order valence-corrected chi connectivity index (χ4v) is 4.06. The lowest BCUT2D eigenvalue weighted by Gasteiger charge is -2.29. The molecule has 3 atom stereocenters. The highest BCUT2D eigenvalue weighted by Crippen LogP contribution is 2.30. The number of piperidine rings is 2. The Kier molecular flexibility index (Phi) is 5.46. The molecule has 3 amide bonds. The third-order valence-corrected chi connectivity index (χ3v) is 5.34. The van der Waals surface area contributed by atoms with Crippen LogP contribution in [-0.4, -0.2) is 78.9 Å². The van der Waals surface area contributed by atoms with Crippen molar-refractivity contribution in [2.24, 2.45) is 5.92 Å². The van der Waals surface area contributed by atoms with Crippen LogP contribution in [0, 0.1) is 5.92 Å². The summed E-state index contributed by atoms with van der Waals surface area (Å²) in [6.45, 7) is 1.51. The summed E-state index contributed by atoms with van der Waals surface area (Å²) in [5.41, 5.74) is 0. The van der Waals surface area contributed by atoms with Gasteiger partial charge in [-0.1, -0.05) is 0 Å². The van der Waals surface area contributed by atoms with Gasteiger partial charge in [0.1, 0.15) is 6.04 Å². The van der Waals surface area contributed by atoms with Gasteiger partial charge in [-0.3, -0.25) is 14.1 Å². The minimum Gasteiger partial charge on any atom is -0.347 e. The highest BCUT2D eigenvalue weighted by molar-refractivity contribution is 7.80. The van der Waals surface area contributed by atoms with E-state index in [1.807, 2.05) is 0 Å². The number of hydroxylamine groups is 2. The van der Waals surface area contributed by atoms with E-state index in [1.54, 1.807) is 0 Å². The van der Waals surface area contributed by atoms with Crippen LogP contribution in [-0.2, 0) is 24.3 Å². The molecule has 3 fully saturated rings. The maximum absolute atomic E-state index is 12.4. The first-order chi connectivity index (χ1) is 12.3. The van der Waals surface area contributed by atoms with E-state index in [0.29, 0.717) is 24.4 Å². The molecule has 0 spiro atoms. The zero-order chi connectivity index (χ0) is 18.9. The molecule has 11 nitrogen and oxygen atoms in total. The average molecular weight is 390 g/mol. The zero-order valence-corrected chi connectivity index (χ0v) is 14.9. The van der Waals surface area contributed by atoms with Crippen LogP contribution in [0.25, 0.3) is 0 Å². The Bertz CT molecular complexity index is 691. The quantitative estimate of drug-likeness (QED) is 0.473. The lowest BCUT2D eigenvalue weighted by Crippen LogP contribution is -2.51. The van der Waals surface area contributed by atoms with Crippen LogP contribution in [0.2, 0.25) is 0 Å². The van der Waals surface area contributed by atoms with Crippen molar-refractivity contribution in [2.45, 2.75) is 37.8 Å². The molecular formula is C14H22N4O7S. The molecule has 2 bridgehead atoms. The molecule has 0 saturated carbocycles. The Morgan fingerprint density at radius 2 is 2.08 bits per heavy atom. The van der Waals surface area contributed by atoms with E-state index in [4.69, 9.17) is 4.55 Å². The lowest BCUT2D eigenvalue weighted by atomic mass is 9.95. The van der Waals surface area contributed by atoms with Crippen molar-refractivity contribution in [3.05, 3.63) is 0 Å². The number of rotatable bonds is 6. The second kappa shape index (κ2) is 7.47. The highest BCUT2D eigenvalue weighted by atomic mass is 32.3. The number of nitrogens with zero attached hydrogens (tertiary/aromatic N) is 2. The van der Waals surface area contributed by atoms with Gasteiger partial charge in [0, 0.05) is 19.0 Å². The van der Waals surface area contributed by atoms with Crippen molar-refractivity contribution >= 4 is 28.1 Å². The van der Waals surface area contributed by atoms with Gasteiger partial charge in [0.2, 0.25) is 5.91 Å². The van der Waals surface area contributed by atoms with Crippen LogP contribution in [0.15, 0.2) is 0 Å². The Hall–Kier alpha value is -1.76. The van der Waals surface area contributed by atoms with Gasteiger partial charge in [-0.2, -0.15) is 13.5 Å². The second-order valence-corrected chi connectivity index (χ2v) is 7.74. The number of ketones is 1. The van der Waals surface area contributed by atoms with Crippen LogP contribution in [0.4, 0.5) is 4.79 Å². The Balaban J connectivity index is 1.56. The third-order valence-electron chi connectivity index (χ3n) is 4.99. The summed E-state index contributed by atoms with van der Waals surface area (Å²) in [6, 6.07) is -2.15. The molecule has 0 aromatic rings. The van der Waals surface area contributed by atoms with Gasteiger partial charge in [-0.15, -0.1) is 4.28 Å². The zero-order valence-electron chi connectivity index (χ0n) is 14.1. The number of amides is 3. The SMILES string of the molecule is O=C(CNC(=O)[C@@H]1CC[C@@H]2CN1C(=O)N2OS(=O)(=O)O)[C@@H]1CCCNC1. The first-order valence-corrected chi connectivity index (χ1v) is 9.91. The molecule has 0 unspecified atom stereocenters. The third kappa shape index (κ3) is 4.14. The summed E-state index contributed by atoms with van der Waals surface area (Å²) >= 11 is 0. The van der Waals surface area contributed by atoms with Gasteiger partial charge in [0.05, 0.1) is 12.6 Å². The van der Waals surface area contributed by atoms with E-state index in [9.17, 15) is 22.8 Å². The van der Waals surface area contributed by atoms with E-state index in [2.05, 4.69) is 14.9 Å². The van der Waals surface area contributed by atoms with Gasteiger partial charge >= 0.3 is 16.4 Å². The molecule has 0 aromatic heterocycles. The van der Waals surface area contributed by atoms with E-state index in [1.165, 1.54) is 4.90 Å². The number of carbonyl (C=O) groups is 3. The Morgan fingerprint density at radius 1 is 1.31 bits per heavy atom. The van der Waals surface area contributed by atoms with Crippen molar-refractivity contribution < 1.29 is 31.6 Å². The molecule has 3 rings (SSSR count). The van der Waals surface area contributed by atoms with Gasteiger partial charge < -0.3 is 15.5 Å². The number of urea groups is 1. The number of nitrogens with one attached hydrogen (secondary N) is 2. The van der Waals surface area contributed by atoms with Crippen LogP contribution >= 0.6 is 0 Å². The van der Waals surface area contributed by atoms with Crippen molar-refractivity contribution in [3.8, 4) is 0 Å². The van der Waals surface area contributed by atoms with Crippen LogP contribution < -0.4 is 10.6 Å². The van der Waals surface area contributed by atoms with Crippen molar-refractivity contribution in [2.75, 3.05) is 26.2 Å². The standard InChI is InChI=1S/C14H22N4O7S/c19-12(9-2-1-5-15-6-9)7-16-13(20)11-4-3-10-8-17(11)14(21)18(10)25-26(22,23)24/h9-11,15H,1-8H2,(H,16,20)(H,22,23,24)/t9-,10-,11+/m1/s1. The van der Waals surface area contributed by atoms with Gasteiger partial charge in [0.25, 0.3) is 0 Å². The average Bonchev–Trinajstić information content (AvgIpc) is 2.84. The Morgan fingerprint density at radius 3 is 2.73 bits per heavy atom. The minimum atomic E-state index is -4.82. The molecule has 146 valence electrons. The van der Waals surface area contributed by atoms with Gasteiger partial charge in [-0.25, -0.2) is 4.79 Å². The lowest BCUT2D eigenvalue weighted by molar-refractivity contribution is -0.130. The molecule has 3 aliphatic heterocycles. The molecule has 0 aromatic carbocycles. The number of hydrogen-bond donors (Lipinski definition) is 3. The van der Waals surface area contributed by atoms with E-state index < -0.39 is 34.4 Å². The molecule has 0 radical (unpaired) electrons. The summed E-state index contributed by atoms with van der Waals surface area (Å²) < 4.78 is 34.8. The van der Waals surface area contributed by atoms with Crippen LogP contribution in [0.3, 0.4) is 0 Å². The maximum Gasteiger partial charge on any atom is 0.418 e. The smallest absolute Gasteiger partial charge is 0.347 e. The summed E-state index contributed by atoms with van der Waals surface area (Å²) in [5.74, 6) is -0.627. The molecule has 3 heterocycles. The van der Waals surface area contributed by atoms with Crippen molar-refractivity contribution in [3.63, 3.8) is 0 Å². The van der Waals surface area contributed by atoms with E-state index in [0.717, 1.165) is 19.4 Å². The molecule has 26 heavy (non-hydrogen) atoms. The van der Waals surface area contributed by atoms with Crippen LogP contribution in [0.5, 0.6) is 0 Å². The summed E-state index contributed by atoms with van der Waals surface area (Å²) in [7, 11) is -4.82. The largest absolute Gasteiger partial charge is 0.418 e. The summed E-state index contributed by atoms with van der Waals surface area (Å²) in [5, 5.41) is 6.31. The van der Waals surface area contributed by atoms with E-state index >= 15 is 0 Å². The molecule has 12 heteroatoms. The fraction of sp³-hybridized carbons (Fsp3) is 0.786. The van der Waals surface area contributed by atoms with Crippen molar-refractivity contribution in [1.82, 2.24) is 20.6 Å². The predicted molar refractivity (Wildman–Crippen MR) is 87.0 cm³/mol. The number of Topliss-reactive ketones (excluding diaryl/α,β-unsaturated/α-hetero) is 1. The van der Waals surface area contributed by atoms with Crippen molar-refractivity contribution in [1.29, 1.82) is 0 Å². The van der Waals surface area contributed by atoms with E-state index in [-0.39, 0.29) is 24.8 Å². The number of hydrogen-bond acceptors (Lipinski definition) is 7. The number of carbonyl (C=O) groups excluding carboxylic acids is 3. The Labute approximate surface area is 150 Å². The monoisotopic (exact) mass is 390 g/mol. The topological polar surface area (TPSA) is 145 Å². The highest BCUT2D eigenvalue weighted by Gasteiger charge is 2.49. The maximum atomic E-state index is 12.4. The first kappa shape index (κ1) is 19.0. The molecule has 0 aliphatic carbocycles. The molecule has 3 N–H and O–H groups in total. The molecular weight excluding hydrogens is 368 g/mol. The predicted octanol–water partition coefficient (Wildman–Crippen LogP) is -1.33. The van der Waals surface area contributed by atoms with Crippen LogP contribution in [0.1, 0.15) is 25.7 Å². The summed E-state index contributed by atoms with van der Waals surface area (Å²) in [6.07, 6.45) is 2.36. The minimum absolute atomic E-state index is 0.0525. The molecule has 3 saturated heterocycles. The fourth-order valence-electron chi connectivity index (χ4n) is 3.67. The number of fused-ring (bicyclic) bond motifs is 2. The second-order valence-electron chi connectivity index (χ2n) is 6.74. The van der Waals surface area contributed by atoms with Gasteiger partial charge in [-0.05, 0) is 32.2 Å². The normalized spacial score (nSPS) is 29.0. The first-order valence-electron chi connectivity index (χ1n) is 8.54.